The van der Waals surface area contributed by atoms with Crippen molar-refractivity contribution < 1.29 is 0 Å². The Labute approximate surface area is 76.7 Å². The molecule has 1 nitrogen and oxygen atoms in total. The van der Waals surface area contributed by atoms with Crippen LogP contribution in [0.4, 0.5) is 0 Å². The Bertz CT molecular complexity index is 196. The van der Waals surface area contributed by atoms with E-state index in [4.69, 9.17) is 0 Å². The maximum Gasteiger partial charge on any atom is 0.0745 e. The van der Waals surface area contributed by atoms with Gasteiger partial charge in [-0.25, -0.2) is 0 Å². The van der Waals surface area contributed by atoms with Crippen LogP contribution in [0.15, 0.2) is 16.8 Å². The minimum Gasteiger partial charge on any atom is -0.252 e. The van der Waals surface area contributed by atoms with Gasteiger partial charge in [0.25, 0.3) is 0 Å². The SMILES string of the molecule is CSC1=NC(C)=CC(SC)C1. The molecule has 1 rings (SSSR count). The Morgan fingerprint density at radius 2 is 2.27 bits per heavy atom. The van der Waals surface area contributed by atoms with Crippen molar-refractivity contribution in [3.8, 4) is 0 Å². The van der Waals surface area contributed by atoms with Gasteiger partial charge in [-0.3, -0.25) is 4.99 Å². The molecule has 0 amide bonds. The Morgan fingerprint density at radius 1 is 1.55 bits per heavy atom. The fourth-order valence-electron chi connectivity index (χ4n) is 1.06. The van der Waals surface area contributed by atoms with Crippen molar-refractivity contribution in [2.75, 3.05) is 12.5 Å². The van der Waals surface area contributed by atoms with E-state index < -0.39 is 0 Å². The Hall–Kier alpha value is 0.110. The van der Waals surface area contributed by atoms with Crippen LogP contribution in [0.1, 0.15) is 13.3 Å². The quantitative estimate of drug-likeness (QED) is 0.626. The third-order valence-corrected chi connectivity index (χ3v) is 3.28. The summed E-state index contributed by atoms with van der Waals surface area (Å²) in [7, 11) is 0. The first-order valence-electron chi connectivity index (χ1n) is 3.59. The van der Waals surface area contributed by atoms with Crippen molar-refractivity contribution in [1.29, 1.82) is 0 Å². The molecule has 1 atom stereocenters. The van der Waals surface area contributed by atoms with Crippen LogP contribution in [-0.4, -0.2) is 22.8 Å². The highest BCUT2D eigenvalue weighted by molar-refractivity contribution is 8.13. The number of aliphatic imine (C=N–C) groups is 1. The van der Waals surface area contributed by atoms with E-state index in [2.05, 4.69) is 30.5 Å². The van der Waals surface area contributed by atoms with Crippen molar-refractivity contribution in [2.45, 2.75) is 18.6 Å². The average Bonchev–Trinajstić information content (AvgIpc) is 2.03. The van der Waals surface area contributed by atoms with E-state index in [0.717, 1.165) is 6.42 Å². The molecule has 0 aliphatic carbocycles. The minimum atomic E-state index is 0.648. The van der Waals surface area contributed by atoms with Crippen LogP contribution in [0.3, 0.4) is 0 Å². The van der Waals surface area contributed by atoms with E-state index in [0.29, 0.717) is 5.25 Å². The summed E-state index contributed by atoms with van der Waals surface area (Å²) < 4.78 is 0. The van der Waals surface area contributed by atoms with E-state index in [-0.39, 0.29) is 0 Å². The topological polar surface area (TPSA) is 12.4 Å². The van der Waals surface area contributed by atoms with Gasteiger partial charge in [-0.05, 0) is 25.5 Å². The van der Waals surface area contributed by atoms with Crippen molar-refractivity contribution >= 4 is 28.6 Å². The van der Waals surface area contributed by atoms with Crippen LogP contribution in [-0.2, 0) is 0 Å². The molecular formula is C8H13NS2. The van der Waals surface area contributed by atoms with Gasteiger partial charge >= 0.3 is 0 Å². The fourth-order valence-corrected chi connectivity index (χ4v) is 2.40. The maximum absolute atomic E-state index is 4.43. The average molecular weight is 187 g/mol. The summed E-state index contributed by atoms with van der Waals surface area (Å²) in [6.07, 6.45) is 7.59. The first-order chi connectivity index (χ1) is 5.26. The molecule has 0 saturated heterocycles. The predicted molar refractivity (Wildman–Crippen MR) is 56.6 cm³/mol. The maximum atomic E-state index is 4.43. The fraction of sp³-hybridized carbons (Fsp3) is 0.625. The van der Waals surface area contributed by atoms with E-state index in [1.807, 2.05) is 11.8 Å². The normalized spacial score (nSPS) is 24.5. The molecule has 0 bridgehead atoms. The summed E-state index contributed by atoms with van der Waals surface area (Å²) >= 11 is 3.66. The lowest BCUT2D eigenvalue weighted by Gasteiger charge is -2.15. The number of allylic oxidation sites excluding steroid dienone is 1. The second-order valence-corrected chi connectivity index (χ2v) is 4.45. The van der Waals surface area contributed by atoms with E-state index >= 15 is 0 Å². The molecule has 0 aromatic heterocycles. The number of thioether (sulfide) groups is 2. The minimum absolute atomic E-state index is 0.648. The predicted octanol–water partition coefficient (Wildman–Crippen LogP) is 2.79. The summed E-state index contributed by atoms with van der Waals surface area (Å²) in [5.41, 5.74) is 1.17. The van der Waals surface area contributed by atoms with Gasteiger partial charge in [0.05, 0.1) is 5.04 Å². The van der Waals surface area contributed by atoms with Gasteiger partial charge < -0.3 is 0 Å². The molecule has 0 aromatic rings. The Balaban J connectivity index is 2.67. The van der Waals surface area contributed by atoms with Gasteiger partial charge in [-0.1, -0.05) is 0 Å². The summed E-state index contributed by atoms with van der Waals surface area (Å²) in [4.78, 5) is 4.43. The van der Waals surface area contributed by atoms with Crippen LogP contribution in [0.25, 0.3) is 0 Å². The summed E-state index contributed by atoms with van der Waals surface area (Å²) in [6.45, 7) is 2.07. The van der Waals surface area contributed by atoms with Gasteiger partial charge in [-0.2, -0.15) is 11.8 Å². The zero-order chi connectivity index (χ0) is 8.27. The zero-order valence-corrected chi connectivity index (χ0v) is 8.76. The standard InChI is InChI=1S/C8H13NS2/c1-6-4-7(10-2)5-8(9-6)11-3/h4,7H,5H2,1-3H3. The number of rotatable bonds is 1. The smallest absolute Gasteiger partial charge is 0.0745 e. The summed E-state index contributed by atoms with van der Waals surface area (Å²) in [5.74, 6) is 0. The molecule has 0 N–H and O–H groups in total. The molecule has 0 saturated carbocycles. The zero-order valence-electron chi connectivity index (χ0n) is 7.13. The molecule has 0 fully saturated rings. The van der Waals surface area contributed by atoms with Crippen molar-refractivity contribution in [1.82, 2.24) is 0 Å². The second-order valence-electron chi connectivity index (χ2n) is 2.50. The van der Waals surface area contributed by atoms with E-state index in [1.54, 1.807) is 11.8 Å². The van der Waals surface area contributed by atoms with Gasteiger partial charge in [-0.15, -0.1) is 11.8 Å². The highest BCUT2D eigenvalue weighted by Crippen LogP contribution is 2.24. The Morgan fingerprint density at radius 3 is 2.82 bits per heavy atom. The van der Waals surface area contributed by atoms with Crippen LogP contribution < -0.4 is 0 Å². The van der Waals surface area contributed by atoms with Crippen LogP contribution in [0.5, 0.6) is 0 Å². The van der Waals surface area contributed by atoms with Gasteiger partial charge in [0.2, 0.25) is 0 Å². The highest BCUT2D eigenvalue weighted by Gasteiger charge is 2.12. The molecule has 1 heterocycles. The largest absolute Gasteiger partial charge is 0.252 e. The summed E-state index contributed by atoms with van der Waals surface area (Å²) in [5, 5.41) is 1.92. The molecule has 1 aliphatic heterocycles. The molecule has 3 heteroatoms. The molecule has 0 aromatic carbocycles. The van der Waals surface area contributed by atoms with Crippen molar-refractivity contribution in [3.63, 3.8) is 0 Å². The van der Waals surface area contributed by atoms with E-state index in [1.165, 1.54) is 10.7 Å². The molecule has 0 spiro atoms. The molecular weight excluding hydrogens is 174 g/mol. The second kappa shape index (κ2) is 4.21. The Kier molecular flexibility index (Phi) is 3.52. The number of nitrogens with zero attached hydrogens (tertiary/aromatic N) is 1. The summed E-state index contributed by atoms with van der Waals surface area (Å²) in [6, 6.07) is 0. The lowest BCUT2D eigenvalue weighted by atomic mass is 10.2. The highest BCUT2D eigenvalue weighted by atomic mass is 32.2. The van der Waals surface area contributed by atoms with Crippen LogP contribution in [0, 0.1) is 0 Å². The lowest BCUT2D eigenvalue weighted by molar-refractivity contribution is 1.06. The van der Waals surface area contributed by atoms with Crippen molar-refractivity contribution in [2.24, 2.45) is 4.99 Å². The van der Waals surface area contributed by atoms with E-state index in [9.17, 15) is 0 Å². The monoisotopic (exact) mass is 187 g/mol. The molecule has 1 aliphatic rings. The van der Waals surface area contributed by atoms with Gasteiger partial charge in [0.15, 0.2) is 0 Å². The third kappa shape index (κ3) is 2.56. The van der Waals surface area contributed by atoms with Gasteiger partial charge in [0.1, 0.15) is 0 Å². The molecule has 1 unspecified atom stereocenters. The van der Waals surface area contributed by atoms with Crippen LogP contribution in [0.2, 0.25) is 0 Å². The lowest BCUT2D eigenvalue weighted by Crippen LogP contribution is -2.09. The third-order valence-electron chi connectivity index (χ3n) is 1.64. The first kappa shape index (κ1) is 9.20. The number of hydrogen-bond donors (Lipinski definition) is 0. The van der Waals surface area contributed by atoms with Crippen molar-refractivity contribution in [3.05, 3.63) is 11.8 Å². The number of hydrogen-bond acceptors (Lipinski definition) is 3. The molecule has 62 valence electrons. The van der Waals surface area contributed by atoms with Gasteiger partial charge in [0, 0.05) is 17.4 Å². The molecule has 11 heavy (non-hydrogen) atoms. The molecule has 0 radical (unpaired) electrons. The van der Waals surface area contributed by atoms with Crippen LogP contribution >= 0.6 is 23.5 Å². The first-order valence-corrected chi connectivity index (χ1v) is 6.10.